The second-order valence-electron chi connectivity index (χ2n) is 3.11. The van der Waals surface area contributed by atoms with E-state index in [9.17, 15) is 0 Å². The van der Waals surface area contributed by atoms with Gasteiger partial charge in [-0.05, 0) is 50.4 Å². The van der Waals surface area contributed by atoms with E-state index in [1.807, 2.05) is 18.2 Å². The Morgan fingerprint density at radius 3 is 2.36 bits per heavy atom. The van der Waals surface area contributed by atoms with Crippen molar-refractivity contribution in [3.8, 4) is 5.75 Å². The molecule has 0 saturated heterocycles. The van der Waals surface area contributed by atoms with Crippen LogP contribution in [0.2, 0.25) is 0 Å². The molecule has 0 heterocycles. The molecule has 0 bridgehead atoms. The topological polar surface area (TPSA) is 9.23 Å². The molecule has 0 atom stereocenters. The minimum atomic E-state index is 0.787. The van der Waals surface area contributed by atoms with E-state index in [0.717, 1.165) is 27.7 Å². The van der Waals surface area contributed by atoms with E-state index in [1.165, 1.54) is 12.8 Å². The lowest BCUT2D eigenvalue weighted by molar-refractivity contribution is 0.302. The summed E-state index contributed by atoms with van der Waals surface area (Å²) >= 11 is 6.92. The summed E-state index contributed by atoms with van der Waals surface area (Å²) in [6.07, 6.45) is 3.56. The first kappa shape index (κ1) is 12.1. The Morgan fingerprint density at radius 1 is 1.14 bits per heavy atom. The van der Waals surface area contributed by atoms with Crippen LogP contribution < -0.4 is 4.74 Å². The molecule has 0 aliphatic heterocycles. The maximum atomic E-state index is 5.68. The molecule has 0 unspecified atom stereocenters. The van der Waals surface area contributed by atoms with Crippen LogP contribution in [0.15, 0.2) is 27.1 Å². The molecule has 0 aliphatic rings. The van der Waals surface area contributed by atoms with Crippen LogP contribution in [-0.2, 0) is 0 Å². The second kappa shape index (κ2) is 6.46. The fraction of sp³-hybridized carbons (Fsp3) is 0.455. The number of unbranched alkanes of at least 4 members (excludes halogenated alkanes) is 2. The molecule has 1 rings (SSSR count). The predicted molar refractivity (Wildman–Crippen MR) is 66.9 cm³/mol. The van der Waals surface area contributed by atoms with Crippen LogP contribution in [0.4, 0.5) is 0 Å². The standard InChI is InChI=1S/C11H14Br2O/c1-2-3-4-8-14-11-9(12)6-5-7-10(11)13/h5-7H,2-4,8H2,1H3. The third-order valence-electron chi connectivity index (χ3n) is 1.91. The van der Waals surface area contributed by atoms with Gasteiger partial charge in [-0.1, -0.05) is 25.8 Å². The number of hydrogen-bond donors (Lipinski definition) is 0. The zero-order chi connectivity index (χ0) is 10.4. The molecule has 1 nitrogen and oxygen atoms in total. The van der Waals surface area contributed by atoms with Gasteiger partial charge in [0.05, 0.1) is 15.6 Å². The lowest BCUT2D eigenvalue weighted by atomic mass is 10.3. The average Bonchev–Trinajstić information content (AvgIpc) is 2.16. The average molecular weight is 322 g/mol. The summed E-state index contributed by atoms with van der Waals surface area (Å²) in [4.78, 5) is 0. The van der Waals surface area contributed by atoms with E-state index in [2.05, 4.69) is 38.8 Å². The highest BCUT2D eigenvalue weighted by Crippen LogP contribution is 2.32. The molecule has 1 aromatic carbocycles. The SMILES string of the molecule is CCCCCOc1c(Br)cccc1Br. The van der Waals surface area contributed by atoms with Crippen LogP contribution in [0.5, 0.6) is 5.75 Å². The summed E-state index contributed by atoms with van der Waals surface area (Å²) in [7, 11) is 0. The predicted octanol–water partition coefficient (Wildman–Crippen LogP) is 4.78. The van der Waals surface area contributed by atoms with Crippen molar-refractivity contribution in [1.29, 1.82) is 0 Å². The van der Waals surface area contributed by atoms with Gasteiger partial charge in [0.25, 0.3) is 0 Å². The van der Waals surface area contributed by atoms with Gasteiger partial charge in [0, 0.05) is 0 Å². The van der Waals surface area contributed by atoms with Crippen molar-refractivity contribution >= 4 is 31.9 Å². The van der Waals surface area contributed by atoms with Gasteiger partial charge in [0.15, 0.2) is 0 Å². The summed E-state index contributed by atoms with van der Waals surface area (Å²) in [6.45, 7) is 2.98. The minimum Gasteiger partial charge on any atom is -0.491 e. The first-order chi connectivity index (χ1) is 6.75. The summed E-state index contributed by atoms with van der Waals surface area (Å²) in [5, 5.41) is 0. The number of benzene rings is 1. The number of para-hydroxylation sites is 1. The van der Waals surface area contributed by atoms with Gasteiger partial charge < -0.3 is 4.74 Å². The molecule has 0 aliphatic carbocycles. The smallest absolute Gasteiger partial charge is 0.147 e. The zero-order valence-electron chi connectivity index (χ0n) is 8.22. The number of rotatable bonds is 5. The molecule has 0 spiro atoms. The van der Waals surface area contributed by atoms with E-state index < -0.39 is 0 Å². The third kappa shape index (κ3) is 3.62. The molecular formula is C11H14Br2O. The summed E-state index contributed by atoms with van der Waals surface area (Å²) < 4.78 is 7.68. The van der Waals surface area contributed by atoms with E-state index in [0.29, 0.717) is 0 Å². The van der Waals surface area contributed by atoms with Crippen molar-refractivity contribution in [2.45, 2.75) is 26.2 Å². The van der Waals surface area contributed by atoms with Gasteiger partial charge in [-0.3, -0.25) is 0 Å². The molecule has 0 radical (unpaired) electrons. The Balaban J connectivity index is 2.49. The molecule has 3 heteroatoms. The van der Waals surface area contributed by atoms with E-state index in [1.54, 1.807) is 0 Å². The van der Waals surface area contributed by atoms with Gasteiger partial charge in [0.2, 0.25) is 0 Å². The van der Waals surface area contributed by atoms with Gasteiger partial charge in [-0.2, -0.15) is 0 Å². The maximum Gasteiger partial charge on any atom is 0.147 e. The Morgan fingerprint density at radius 2 is 1.79 bits per heavy atom. The van der Waals surface area contributed by atoms with Crippen molar-refractivity contribution in [3.05, 3.63) is 27.1 Å². The fourth-order valence-corrected chi connectivity index (χ4v) is 2.37. The van der Waals surface area contributed by atoms with Crippen LogP contribution in [0.25, 0.3) is 0 Å². The lowest BCUT2D eigenvalue weighted by Gasteiger charge is -2.09. The number of hydrogen-bond acceptors (Lipinski definition) is 1. The Kier molecular flexibility index (Phi) is 5.56. The molecule has 78 valence electrons. The van der Waals surface area contributed by atoms with Crippen LogP contribution in [0, 0.1) is 0 Å². The minimum absolute atomic E-state index is 0.787. The first-order valence-electron chi connectivity index (χ1n) is 4.82. The quantitative estimate of drug-likeness (QED) is 0.709. The van der Waals surface area contributed by atoms with Gasteiger partial charge in [0.1, 0.15) is 5.75 Å². The van der Waals surface area contributed by atoms with Crippen molar-refractivity contribution in [2.75, 3.05) is 6.61 Å². The Labute approximate surface area is 102 Å². The first-order valence-corrected chi connectivity index (χ1v) is 6.41. The highest BCUT2D eigenvalue weighted by atomic mass is 79.9. The highest BCUT2D eigenvalue weighted by Gasteiger charge is 2.04. The number of ether oxygens (including phenoxy) is 1. The van der Waals surface area contributed by atoms with Crippen molar-refractivity contribution < 1.29 is 4.74 Å². The van der Waals surface area contributed by atoms with E-state index >= 15 is 0 Å². The van der Waals surface area contributed by atoms with Gasteiger partial charge in [-0.25, -0.2) is 0 Å². The summed E-state index contributed by atoms with van der Waals surface area (Å²) in [5.41, 5.74) is 0. The Hall–Kier alpha value is -0.0200. The van der Waals surface area contributed by atoms with Crippen LogP contribution in [0.1, 0.15) is 26.2 Å². The Bertz CT molecular complexity index is 266. The van der Waals surface area contributed by atoms with E-state index in [4.69, 9.17) is 4.74 Å². The van der Waals surface area contributed by atoms with Crippen molar-refractivity contribution in [3.63, 3.8) is 0 Å². The van der Waals surface area contributed by atoms with Crippen LogP contribution >= 0.6 is 31.9 Å². The molecule has 0 aromatic heterocycles. The molecule has 0 fully saturated rings. The van der Waals surface area contributed by atoms with Crippen LogP contribution in [0.3, 0.4) is 0 Å². The molecule has 14 heavy (non-hydrogen) atoms. The molecule has 1 aromatic rings. The molecular weight excluding hydrogens is 308 g/mol. The highest BCUT2D eigenvalue weighted by molar-refractivity contribution is 9.11. The van der Waals surface area contributed by atoms with Crippen molar-refractivity contribution in [1.82, 2.24) is 0 Å². The lowest BCUT2D eigenvalue weighted by Crippen LogP contribution is -1.98. The van der Waals surface area contributed by atoms with Crippen LogP contribution in [-0.4, -0.2) is 6.61 Å². The fourth-order valence-electron chi connectivity index (χ4n) is 1.15. The zero-order valence-corrected chi connectivity index (χ0v) is 11.4. The normalized spacial score (nSPS) is 10.2. The van der Waals surface area contributed by atoms with E-state index in [-0.39, 0.29) is 0 Å². The molecule has 0 N–H and O–H groups in total. The van der Waals surface area contributed by atoms with Gasteiger partial charge in [-0.15, -0.1) is 0 Å². The largest absolute Gasteiger partial charge is 0.491 e. The molecule has 0 amide bonds. The monoisotopic (exact) mass is 320 g/mol. The number of halogens is 2. The maximum absolute atomic E-state index is 5.68. The molecule has 0 saturated carbocycles. The summed E-state index contributed by atoms with van der Waals surface area (Å²) in [6, 6.07) is 5.95. The third-order valence-corrected chi connectivity index (χ3v) is 3.16. The summed E-state index contributed by atoms with van der Waals surface area (Å²) in [5.74, 6) is 0.906. The van der Waals surface area contributed by atoms with Crippen molar-refractivity contribution in [2.24, 2.45) is 0 Å². The van der Waals surface area contributed by atoms with Gasteiger partial charge >= 0.3 is 0 Å². The second-order valence-corrected chi connectivity index (χ2v) is 4.82.